The van der Waals surface area contributed by atoms with E-state index in [2.05, 4.69) is 0 Å². The van der Waals surface area contributed by atoms with Crippen LogP contribution in [0.15, 0.2) is 12.1 Å². The van der Waals surface area contributed by atoms with Crippen LogP contribution in [-0.2, 0) is 25.6 Å². The van der Waals surface area contributed by atoms with Crippen LogP contribution in [0.25, 0.3) is 0 Å². The second-order valence-electron chi connectivity index (χ2n) is 7.77. The quantitative estimate of drug-likeness (QED) is 0.633. The maximum absolute atomic E-state index is 12.8. The van der Waals surface area contributed by atoms with Gasteiger partial charge < -0.3 is 19.3 Å². The van der Waals surface area contributed by atoms with E-state index in [9.17, 15) is 19.2 Å². The minimum absolute atomic E-state index is 0.0671. The van der Waals surface area contributed by atoms with Gasteiger partial charge in [-0.05, 0) is 17.7 Å². The van der Waals surface area contributed by atoms with Gasteiger partial charge in [0.15, 0.2) is 11.5 Å². The van der Waals surface area contributed by atoms with Crippen molar-refractivity contribution in [3.05, 3.63) is 22.7 Å². The lowest BCUT2D eigenvalue weighted by molar-refractivity contribution is -0.147. The number of rotatable bonds is 4. The minimum Gasteiger partial charge on any atom is -0.489 e. The predicted octanol–water partition coefficient (Wildman–Crippen LogP) is 0.864. The molecule has 166 valence electrons. The Morgan fingerprint density at radius 1 is 0.903 bits per heavy atom. The topological polar surface area (TPSA) is 96.5 Å². The highest BCUT2D eigenvalue weighted by atomic mass is 35.5. The fourth-order valence-electron chi connectivity index (χ4n) is 3.91. The summed E-state index contributed by atoms with van der Waals surface area (Å²) in [4.78, 5) is 52.9. The van der Waals surface area contributed by atoms with Gasteiger partial charge in [0, 0.05) is 45.4 Å². The SMILES string of the molecule is O=C(Cc1cc(Cl)c2c(c1)OCCCO2)N1CCN(C(=O)CN2C(=O)CCC2=O)CC1. The lowest BCUT2D eigenvalue weighted by atomic mass is 10.1. The molecule has 0 spiro atoms. The summed E-state index contributed by atoms with van der Waals surface area (Å²) in [6.45, 7) is 2.36. The van der Waals surface area contributed by atoms with Gasteiger partial charge in [0.05, 0.1) is 24.7 Å². The molecule has 0 aromatic heterocycles. The first-order valence-electron chi connectivity index (χ1n) is 10.4. The maximum atomic E-state index is 12.8. The third-order valence-electron chi connectivity index (χ3n) is 5.65. The summed E-state index contributed by atoms with van der Waals surface area (Å²) in [7, 11) is 0. The van der Waals surface area contributed by atoms with Gasteiger partial charge in [-0.1, -0.05) is 11.6 Å². The summed E-state index contributed by atoms with van der Waals surface area (Å²) in [5.74, 6) is 0.113. The van der Waals surface area contributed by atoms with Crippen molar-refractivity contribution in [2.75, 3.05) is 45.9 Å². The molecule has 1 aromatic rings. The average molecular weight is 450 g/mol. The van der Waals surface area contributed by atoms with E-state index < -0.39 is 0 Å². The number of likely N-dealkylation sites (tertiary alicyclic amines) is 1. The molecule has 0 bridgehead atoms. The Balaban J connectivity index is 1.31. The molecule has 10 heteroatoms. The van der Waals surface area contributed by atoms with Gasteiger partial charge in [-0.3, -0.25) is 24.1 Å². The van der Waals surface area contributed by atoms with Crippen LogP contribution in [0.5, 0.6) is 11.5 Å². The molecule has 0 aliphatic carbocycles. The van der Waals surface area contributed by atoms with E-state index in [1.807, 2.05) is 0 Å². The number of carbonyl (C=O) groups excluding carboxylic acids is 4. The number of hydrogen-bond donors (Lipinski definition) is 0. The number of benzene rings is 1. The van der Waals surface area contributed by atoms with Crippen LogP contribution in [0.4, 0.5) is 0 Å². The van der Waals surface area contributed by atoms with E-state index in [1.54, 1.807) is 21.9 Å². The lowest BCUT2D eigenvalue weighted by Crippen LogP contribution is -2.53. The molecule has 0 unspecified atom stereocenters. The van der Waals surface area contributed by atoms with Crippen molar-refractivity contribution in [2.24, 2.45) is 0 Å². The maximum Gasteiger partial charge on any atom is 0.242 e. The first-order valence-corrected chi connectivity index (χ1v) is 10.8. The standard InChI is InChI=1S/C21H24ClN3O6/c22-15-10-14(11-16-21(15)31-9-1-8-30-16)12-19(28)23-4-6-24(7-5-23)20(29)13-25-17(26)2-3-18(25)27/h10-11H,1-9,12-13H2. The number of fused-ring (bicyclic) bond motifs is 1. The molecule has 2 fully saturated rings. The fraction of sp³-hybridized carbons (Fsp3) is 0.524. The lowest BCUT2D eigenvalue weighted by Gasteiger charge is -2.35. The normalized spacial score (nSPS) is 18.9. The Labute approximate surface area is 184 Å². The van der Waals surface area contributed by atoms with Crippen LogP contribution in [0.2, 0.25) is 5.02 Å². The van der Waals surface area contributed by atoms with Gasteiger partial charge in [-0.25, -0.2) is 0 Å². The van der Waals surface area contributed by atoms with Crippen LogP contribution in [0.3, 0.4) is 0 Å². The first-order chi connectivity index (χ1) is 14.9. The van der Waals surface area contributed by atoms with Crippen LogP contribution in [0, 0.1) is 0 Å². The zero-order valence-corrected chi connectivity index (χ0v) is 17.9. The minimum atomic E-state index is -0.305. The van der Waals surface area contributed by atoms with Crippen molar-refractivity contribution in [1.82, 2.24) is 14.7 Å². The molecule has 0 atom stereocenters. The Hall–Kier alpha value is -2.81. The molecule has 4 rings (SSSR count). The van der Waals surface area contributed by atoms with Crippen molar-refractivity contribution >= 4 is 35.2 Å². The van der Waals surface area contributed by atoms with Crippen LogP contribution in [0.1, 0.15) is 24.8 Å². The second-order valence-corrected chi connectivity index (χ2v) is 8.17. The van der Waals surface area contributed by atoms with Crippen molar-refractivity contribution < 1.29 is 28.7 Å². The largest absolute Gasteiger partial charge is 0.489 e. The highest BCUT2D eigenvalue weighted by Gasteiger charge is 2.33. The number of ether oxygens (including phenoxy) is 2. The molecule has 0 saturated carbocycles. The summed E-state index contributed by atoms with van der Waals surface area (Å²) in [6, 6.07) is 3.51. The van der Waals surface area contributed by atoms with Crippen molar-refractivity contribution in [3.8, 4) is 11.5 Å². The van der Waals surface area contributed by atoms with Gasteiger partial charge >= 0.3 is 0 Å². The molecule has 3 aliphatic heterocycles. The second kappa shape index (κ2) is 9.13. The summed E-state index contributed by atoms with van der Waals surface area (Å²) in [5, 5.41) is 0.420. The third-order valence-corrected chi connectivity index (χ3v) is 5.93. The summed E-state index contributed by atoms with van der Waals surface area (Å²) in [6.07, 6.45) is 1.26. The van der Waals surface area contributed by atoms with E-state index in [-0.39, 0.29) is 49.4 Å². The van der Waals surface area contributed by atoms with Crippen LogP contribution < -0.4 is 9.47 Å². The van der Waals surface area contributed by atoms with Gasteiger partial charge in [0.1, 0.15) is 6.54 Å². The van der Waals surface area contributed by atoms with E-state index in [1.165, 1.54) is 0 Å². The van der Waals surface area contributed by atoms with Crippen LogP contribution >= 0.6 is 11.6 Å². The third kappa shape index (κ3) is 4.76. The summed E-state index contributed by atoms with van der Waals surface area (Å²) >= 11 is 6.31. The fourth-order valence-corrected chi connectivity index (χ4v) is 4.20. The van der Waals surface area contributed by atoms with E-state index in [4.69, 9.17) is 21.1 Å². The van der Waals surface area contributed by atoms with E-state index in [0.717, 1.165) is 16.9 Å². The van der Waals surface area contributed by atoms with Crippen molar-refractivity contribution in [3.63, 3.8) is 0 Å². The number of amides is 4. The van der Waals surface area contributed by atoms with E-state index in [0.29, 0.717) is 55.9 Å². The van der Waals surface area contributed by atoms with Crippen LogP contribution in [-0.4, -0.2) is 84.3 Å². The highest BCUT2D eigenvalue weighted by Crippen LogP contribution is 2.38. The predicted molar refractivity (Wildman–Crippen MR) is 110 cm³/mol. The monoisotopic (exact) mass is 449 g/mol. The molecule has 1 aromatic carbocycles. The number of piperazine rings is 1. The summed E-state index contributed by atoms with van der Waals surface area (Å²) < 4.78 is 11.3. The number of hydrogen-bond acceptors (Lipinski definition) is 6. The molecule has 0 N–H and O–H groups in total. The molecular formula is C21H24ClN3O6. The number of nitrogens with zero attached hydrogens (tertiary/aromatic N) is 3. The summed E-state index contributed by atoms with van der Waals surface area (Å²) in [5.41, 5.74) is 0.740. The number of imide groups is 1. The van der Waals surface area contributed by atoms with Gasteiger partial charge in [-0.2, -0.15) is 0 Å². The Morgan fingerprint density at radius 3 is 2.19 bits per heavy atom. The Kier molecular flexibility index (Phi) is 6.31. The molecule has 31 heavy (non-hydrogen) atoms. The van der Waals surface area contributed by atoms with Gasteiger partial charge in [-0.15, -0.1) is 0 Å². The number of halogens is 1. The Bertz CT molecular complexity index is 897. The van der Waals surface area contributed by atoms with Gasteiger partial charge in [0.25, 0.3) is 0 Å². The molecule has 4 amide bonds. The first kappa shape index (κ1) is 21.4. The zero-order chi connectivity index (χ0) is 22.0. The molecular weight excluding hydrogens is 426 g/mol. The zero-order valence-electron chi connectivity index (χ0n) is 17.1. The molecule has 3 aliphatic rings. The van der Waals surface area contributed by atoms with Gasteiger partial charge in [0.2, 0.25) is 23.6 Å². The Morgan fingerprint density at radius 2 is 1.52 bits per heavy atom. The number of carbonyl (C=O) groups is 4. The molecule has 3 heterocycles. The highest BCUT2D eigenvalue weighted by molar-refractivity contribution is 6.32. The smallest absolute Gasteiger partial charge is 0.242 e. The van der Waals surface area contributed by atoms with Crippen molar-refractivity contribution in [1.29, 1.82) is 0 Å². The molecule has 0 radical (unpaired) electrons. The molecule has 2 saturated heterocycles. The van der Waals surface area contributed by atoms with E-state index >= 15 is 0 Å². The van der Waals surface area contributed by atoms with Crippen molar-refractivity contribution in [2.45, 2.75) is 25.7 Å². The average Bonchev–Trinajstić information content (AvgIpc) is 2.94. The molecule has 9 nitrogen and oxygen atoms in total.